The van der Waals surface area contributed by atoms with Crippen molar-refractivity contribution in [1.82, 2.24) is 24.9 Å². The van der Waals surface area contributed by atoms with Crippen molar-refractivity contribution in [3.05, 3.63) is 71.4 Å². The van der Waals surface area contributed by atoms with E-state index in [1.54, 1.807) is 24.4 Å². The molecule has 0 aliphatic heterocycles. The second kappa shape index (κ2) is 8.37. The first-order valence-electron chi connectivity index (χ1n) is 9.50. The number of nitrogens with zero attached hydrogens (tertiary/aromatic N) is 4. The predicted octanol–water partition coefficient (Wildman–Crippen LogP) is 3.65. The molecule has 4 rings (SSSR count). The molecule has 0 aliphatic rings. The summed E-state index contributed by atoms with van der Waals surface area (Å²) in [6, 6.07) is 7.62. The number of ether oxygens (including phenoxy) is 1. The Morgan fingerprint density at radius 2 is 2.00 bits per heavy atom. The van der Waals surface area contributed by atoms with Crippen LogP contribution in [0.4, 0.5) is 23.5 Å². The highest BCUT2D eigenvalue weighted by Crippen LogP contribution is 2.26. The number of nitrogen functional groups attached to an aromatic ring is 1. The summed E-state index contributed by atoms with van der Waals surface area (Å²) in [5.74, 6) is -1.89. The number of aromatic nitrogens is 4. The summed E-state index contributed by atoms with van der Waals surface area (Å²) in [4.78, 5) is 20.8. The van der Waals surface area contributed by atoms with Gasteiger partial charge in [0.2, 0.25) is 5.95 Å². The van der Waals surface area contributed by atoms with Gasteiger partial charge in [0.25, 0.3) is 5.91 Å². The average molecular weight is 460 g/mol. The molecule has 0 bridgehead atoms. The maximum Gasteiger partial charge on any atom is 0.573 e. The number of fused-ring (bicyclic) bond motifs is 1. The highest BCUT2D eigenvalue weighted by atomic mass is 19.4. The van der Waals surface area contributed by atoms with Crippen molar-refractivity contribution in [3.8, 4) is 16.9 Å². The summed E-state index contributed by atoms with van der Waals surface area (Å²) in [7, 11) is 0. The minimum Gasteiger partial charge on any atom is -0.406 e. The van der Waals surface area contributed by atoms with Gasteiger partial charge in [0, 0.05) is 24.5 Å². The maximum atomic E-state index is 14.0. The Labute approximate surface area is 184 Å². The SMILES string of the molecule is Cc1cnc(C(=O)NCc2cc(OC(F)(F)F)ccc2F)cc1-c1ccn2nc(N)nc2c1. The first-order chi connectivity index (χ1) is 15.6. The van der Waals surface area contributed by atoms with E-state index in [0.717, 1.165) is 29.3 Å². The fraction of sp³-hybridized carbons (Fsp3) is 0.143. The lowest BCUT2D eigenvalue weighted by atomic mass is 10.0. The number of benzene rings is 1. The van der Waals surface area contributed by atoms with Gasteiger partial charge < -0.3 is 15.8 Å². The number of carbonyl (C=O) groups excluding carboxylic acids is 1. The predicted molar refractivity (Wildman–Crippen MR) is 110 cm³/mol. The molecule has 3 aromatic heterocycles. The van der Waals surface area contributed by atoms with Crippen LogP contribution in [-0.2, 0) is 6.54 Å². The number of alkyl halides is 3. The zero-order valence-electron chi connectivity index (χ0n) is 17.0. The lowest BCUT2D eigenvalue weighted by Gasteiger charge is -2.12. The molecule has 0 radical (unpaired) electrons. The average Bonchev–Trinajstić information content (AvgIpc) is 3.12. The Morgan fingerprint density at radius 1 is 1.21 bits per heavy atom. The molecule has 0 unspecified atom stereocenters. The number of hydrogen-bond donors (Lipinski definition) is 2. The molecule has 4 aromatic rings. The van der Waals surface area contributed by atoms with Crippen LogP contribution in [0.15, 0.2) is 48.8 Å². The Bertz CT molecular complexity index is 1350. The van der Waals surface area contributed by atoms with Crippen LogP contribution in [0.3, 0.4) is 0 Å². The van der Waals surface area contributed by atoms with Gasteiger partial charge in [0.05, 0.1) is 0 Å². The zero-order valence-corrected chi connectivity index (χ0v) is 17.0. The molecular weight excluding hydrogens is 444 g/mol. The van der Waals surface area contributed by atoms with E-state index in [1.807, 2.05) is 6.92 Å². The fourth-order valence-corrected chi connectivity index (χ4v) is 3.17. The molecule has 0 fully saturated rings. The van der Waals surface area contributed by atoms with E-state index >= 15 is 0 Å². The monoisotopic (exact) mass is 460 g/mol. The second-order valence-electron chi connectivity index (χ2n) is 7.06. The lowest BCUT2D eigenvalue weighted by molar-refractivity contribution is -0.274. The summed E-state index contributed by atoms with van der Waals surface area (Å²) < 4.78 is 56.5. The fourth-order valence-electron chi connectivity index (χ4n) is 3.17. The number of pyridine rings is 2. The van der Waals surface area contributed by atoms with Gasteiger partial charge in [-0.1, -0.05) is 0 Å². The van der Waals surface area contributed by atoms with Crippen molar-refractivity contribution in [2.24, 2.45) is 0 Å². The first kappa shape index (κ1) is 22.0. The molecule has 0 saturated heterocycles. The van der Waals surface area contributed by atoms with E-state index in [-0.39, 0.29) is 23.8 Å². The molecule has 3 heterocycles. The Kier molecular flexibility index (Phi) is 5.58. The van der Waals surface area contributed by atoms with Crippen molar-refractivity contribution in [3.63, 3.8) is 0 Å². The summed E-state index contributed by atoms with van der Waals surface area (Å²) in [5, 5.41) is 6.46. The van der Waals surface area contributed by atoms with E-state index in [4.69, 9.17) is 5.73 Å². The minimum atomic E-state index is -4.91. The number of hydrogen-bond acceptors (Lipinski definition) is 6. The molecule has 3 N–H and O–H groups in total. The normalized spacial score (nSPS) is 11.5. The topological polar surface area (TPSA) is 107 Å². The number of rotatable bonds is 5. The van der Waals surface area contributed by atoms with Crippen molar-refractivity contribution < 1.29 is 27.1 Å². The van der Waals surface area contributed by atoms with Crippen molar-refractivity contribution in [1.29, 1.82) is 0 Å². The lowest BCUT2D eigenvalue weighted by Crippen LogP contribution is -2.24. The van der Waals surface area contributed by atoms with Crippen molar-refractivity contribution >= 4 is 17.5 Å². The van der Waals surface area contributed by atoms with Gasteiger partial charge in [-0.15, -0.1) is 18.3 Å². The van der Waals surface area contributed by atoms with Gasteiger partial charge in [-0.25, -0.2) is 8.91 Å². The van der Waals surface area contributed by atoms with Crippen molar-refractivity contribution in [2.75, 3.05) is 5.73 Å². The largest absolute Gasteiger partial charge is 0.573 e. The van der Waals surface area contributed by atoms with Gasteiger partial charge in [-0.3, -0.25) is 9.78 Å². The van der Waals surface area contributed by atoms with Crippen LogP contribution >= 0.6 is 0 Å². The molecule has 0 aliphatic carbocycles. The Hall–Kier alpha value is -4.22. The molecule has 33 heavy (non-hydrogen) atoms. The minimum absolute atomic E-state index is 0.0413. The zero-order chi connectivity index (χ0) is 23.8. The van der Waals surface area contributed by atoms with E-state index in [2.05, 4.69) is 25.1 Å². The molecular formula is C21H16F4N6O2. The molecule has 1 aromatic carbocycles. The number of carbonyl (C=O) groups is 1. The standard InChI is InChI=1S/C21H16F4N6O2/c1-11-9-27-17(8-15(11)12-4-5-31-18(7-12)29-20(26)30-31)19(32)28-10-13-6-14(2-3-16(13)22)33-21(23,24)25/h2-9H,10H2,1H3,(H2,26,30)(H,28,32). The number of halogens is 4. The van der Waals surface area contributed by atoms with Crippen LogP contribution in [0.5, 0.6) is 5.75 Å². The second-order valence-corrected chi connectivity index (χ2v) is 7.06. The van der Waals surface area contributed by atoms with Crippen LogP contribution in [-0.4, -0.2) is 31.9 Å². The van der Waals surface area contributed by atoms with E-state index < -0.39 is 23.8 Å². The first-order valence-corrected chi connectivity index (χ1v) is 9.50. The third kappa shape index (κ3) is 5.00. The number of nitrogens with one attached hydrogen (secondary N) is 1. The third-order valence-corrected chi connectivity index (χ3v) is 4.69. The highest BCUT2D eigenvalue weighted by Gasteiger charge is 2.31. The number of aryl methyl sites for hydroxylation is 1. The molecule has 0 atom stereocenters. The quantitative estimate of drug-likeness (QED) is 0.441. The van der Waals surface area contributed by atoms with Crippen molar-refractivity contribution in [2.45, 2.75) is 19.8 Å². The molecule has 0 spiro atoms. The number of anilines is 1. The summed E-state index contributed by atoms with van der Waals surface area (Å²) >= 11 is 0. The molecule has 8 nitrogen and oxygen atoms in total. The molecule has 1 amide bonds. The number of nitrogens with two attached hydrogens (primary N) is 1. The van der Waals surface area contributed by atoms with Gasteiger partial charge in [-0.05, 0) is 60.0 Å². The smallest absolute Gasteiger partial charge is 0.406 e. The maximum absolute atomic E-state index is 14.0. The summed E-state index contributed by atoms with van der Waals surface area (Å²) in [5.41, 5.74) is 8.22. The van der Waals surface area contributed by atoms with Gasteiger partial charge in [-0.2, -0.15) is 4.98 Å². The third-order valence-electron chi connectivity index (χ3n) is 4.69. The van der Waals surface area contributed by atoms with Crippen LogP contribution in [0.1, 0.15) is 21.6 Å². The van der Waals surface area contributed by atoms with Gasteiger partial charge >= 0.3 is 6.36 Å². The summed E-state index contributed by atoms with van der Waals surface area (Å²) in [6.45, 7) is 1.45. The Morgan fingerprint density at radius 3 is 2.76 bits per heavy atom. The van der Waals surface area contributed by atoms with Gasteiger partial charge in [0.15, 0.2) is 5.65 Å². The molecule has 170 valence electrons. The van der Waals surface area contributed by atoms with E-state index in [1.165, 1.54) is 10.7 Å². The van der Waals surface area contributed by atoms with E-state index in [0.29, 0.717) is 11.2 Å². The van der Waals surface area contributed by atoms with Crippen LogP contribution in [0.2, 0.25) is 0 Å². The number of amides is 1. The van der Waals surface area contributed by atoms with Gasteiger partial charge in [0.1, 0.15) is 17.3 Å². The highest BCUT2D eigenvalue weighted by molar-refractivity contribution is 5.93. The van der Waals surface area contributed by atoms with Crippen LogP contribution < -0.4 is 15.8 Å². The molecule has 0 saturated carbocycles. The summed E-state index contributed by atoms with van der Waals surface area (Å²) in [6.07, 6.45) is -1.74. The van der Waals surface area contributed by atoms with Crippen LogP contribution in [0, 0.1) is 12.7 Å². The van der Waals surface area contributed by atoms with Crippen LogP contribution in [0.25, 0.3) is 16.8 Å². The Balaban J connectivity index is 1.54. The molecule has 12 heteroatoms. The van der Waals surface area contributed by atoms with E-state index in [9.17, 15) is 22.4 Å².